The zero-order valence-electron chi connectivity index (χ0n) is 14.9. The molecule has 2 aromatic heterocycles. The van der Waals surface area contributed by atoms with Gasteiger partial charge in [0, 0.05) is 6.42 Å². The number of fused-ring (bicyclic) bond motifs is 1. The number of nitrogen functional groups attached to an aromatic ring is 1. The Hall–Kier alpha value is -2.79. The van der Waals surface area contributed by atoms with Gasteiger partial charge in [0.15, 0.2) is 23.2 Å². The summed E-state index contributed by atoms with van der Waals surface area (Å²) in [5.74, 6) is 0.156. The molecule has 148 valence electrons. The van der Waals surface area contributed by atoms with E-state index in [1.165, 1.54) is 10.9 Å². The maximum Gasteiger partial charge on any atom is 0.301 e. The number of aromatic nitrogens is 4. The minimum atomic E-state index is -1.30. The number of hydrogen-bond acceptors (Lipinski definition) is 9. The number of nitrogens with two attached hydrogens (primary N) is 1. The lowest BCUT2D eigenvalue weighted by molar-refractivity contribution is -0.0542. The van der Waals surface area contributed by atoms with Crippen molar-refractivity contribution >= 4 is 17.0 Å². The number of benzene rings is 1. The molecule has 1 aliphatic heterocycles. The van der Waals surface area contributed by atoms with E-state index in [4.69, 9.17) is 15.2 Å². The van der Waals surface area contributed by atoms with Crippen LogP contribution in [0.15, 0.2) is 36.7 Å². The van der Waals surface area contributed by atoms with E-state index in [0.29, 0.717) is 24.2 Å². The Morgan fingerprint density at radius 3 is 2.64 bits per heavy atom. The van der Waals surface area contributed by atoms with Gasteiger partial charge in [0.1, 0.15) is 24.6 Å². The van der Waals surface area contributed by atoms with Gasteiger partial charge in [0.2, 0.25) is 0 Å². The Labute approximate surface area is 160 Å². The smallest absolute Gasteiger partial charge is 0.301 e. The fourth-order valence-corrected chi connectivity index (χ4v) is 3.24. The van der Waals surface area contributed by atoms with E-state index in [-0.39, 0.29) is 11.8 Å². The summed E-state index contributed by atoms with van der Waals surface area (Å²) in [5.41, 5.74) is 7.60. The van der Waals surface area contributed by atoms with Crippen molar-refractivity contribution in [2.24, 2.45) is 0 Å². The van der Waals surface area contributed by atoms with Crippen LogP contribution in [0.1, 0.15) is 11.8 Å². The molecule has 4 rings (SSSR count). The van der Waals surface area contributed by atoms with Crippen molar-refractivity contribution in [1.29, 1.82) is 0 Å². The van der Waals surface area contributed by atoms with Crippen LogP contribution in [0.4, 0.5) is 5.82 Å². The summed E-state index contributed by atoms with van der Waals surface area (Å²) in [7, 11) is 0. The number of rotatable bonds is 6. The highest BCUT2D eigenvalue weighted by atomic mass is 16.6. The SMILES string of the molecule is Nc1ncnc2c1nc(OCCc1ccccc1)n2[C@@H]1O[C@H](CO)[C@@H](O)[C@H]1O. The van der Waals surface area contributed by atoms with Gasteiger partial charge in [-0.15, -0.1) is 0 Å². The second-order valence-corrected chi connectivity index (χ2v) is 6.51. The highest BCUT2D eigenvalue weighted by Crippen LogP contribution is 2.35. The van der Waals surface area contributed by atoms with Gasteiger partial charge >= 0.3 is 6.01 Å². The van der Waals surface area contributed by atoms with Crippen LogP contribution < -0.4 is 10.5 Å². The molecule has 1 aliphatic rings. The van der Waals surface area contributed by atoms with Gasteiger partial charge < -0.3 is 30.5 Å². The van der Waals surface area contributed by atoms with Crippen molar-refractivity contribution in [2.75, 3.05) is 18.9 Å². The number of nitrogens with zero attached hydrogens (tertiary/aromatic N) is 4. The quantitative estimate of drug-likeness (QED) is 0.445. The molecule has 5 N–H and O–H groups in total. The zero-order chi connectivity index (χ0) is 19.7. The van der Waals surface area contributed by atoms with Gasteiger partial charge in [0.05, 0.1) is 13.2 Å². The molecular formula is C18H21N5O5. The van der Waals surface area contributed by atoms with Crippen molar-refractivity contribution in [3.8, 4) is 6.01 Å². The maximum atomic E-state index is 10.4. The number of aliphatic hydroxyl groups excluding tert-OH is 3. The van der Waals surface area contributed by atoms with Crippen molar-refractivity contribution in [2.45, 2.75) is 31.0 Å². The number of anilines is 1. The van der Waals surface area contributed by atoms with E-state index in [1.54, 1.807) is 0 Å². The number of ether oxygens (including phenoxy) is 2. The summed E-state index contributed by atoms with van der Waals surface area (Å²) >= 11 is 0. The molecular weight excluding hydrogens is 366 g/mol. The van der Waals surface area contributed by atoms with Crippen molar-refractivity contribution in [3.63, 3.8) is 0 Å². The minimum Gasteiger partial charge on any atom is -0.464 e. The summed E-state index contributed by atoms with van der Waals surface area (Å²) in [6.07, 6.45) is -2.63. The lowest BCUT2D eigenvalue weighted by atomic mass is 10.1. The average molecular weight is 387 g/mol. The van der Waals surface area contributed by atoms with Crippen LogP contribution in [0.2, 0.25) is 0 Å². The van der Waals surface area contributed by atoms with Crippen LogP contribution >= 0.6 is 0 Å². The molecule has 0 spiro atoms. The van der Waals surface area contributed by atoms with E-state index in [1.807, 2.05) is 30.3 Å². The summed E-state index contributed by atoms with van der Waals surface area (Å²) in [6.45, 7) is -0.127. The summed E-state index contributed by atoms with van der Waals surface area (Å²) < 4.78 is 12.9. The summed E-state index contributed by atoms with van der Waals surface area (Å²) in [6, 6.07) is 9.93. The first kappa shape index (κ1) is 18.6. The van der Waals surface area contributed by atoms with Gasteiger partial charge in [-0.1, -0.05) is 30.3 Å². The van der Waals surface area contributed by atoms with Crippen molar-refractivity contribution < 1.29 is 24.8 Å². The van der Waals surface area contributed by atoms with Crippen molar-refractivity contribution in [1.82, 2.24) is 19.5 Å². The van der Waals surface area contributed by atoms with Crippen LogP contribution in [0, 0.1) is 0 Å². The molecule has 1 aromatic carbocycles. The van der Waals surface area contributed by atoms with Crippen molar-refractivity contribution in [3.05, 3.63) is 42.2 Å². The van der Waals surface area contributed by atoms with Gasteiger partial charge in [-0.05, 0) is 5.56 Å². The molecule has 3 aromatic rings. The molecule has 10 nitrogen and oxygen atoms in total. The van der Waals surface area contributed by atoms with Crippen LogP contribution in [0.5, 0.6) is 6.01 Å². The van der Waals surface area contributed by atoms with Gasteiger partial charge in [-0.2, -0.15) is 4.98 Å². The molecule has 0 aliphatic carbocycles. The Bertz CT molecular complexity index is 950. The topological polar surface area (TPSA) is 149 Å². The zero-order valence-corrected chi connectivity index (χ0v) is 14.9. The van der Waals surface area contributed by atoms with E-state index >= 15 is 0 Å². The molecule has 10 heteroatoms. The fourth-order valence-electron chi connectivity index (χ4n) is 3.24. The Balaban J connectivity index is 1.66. The molecule has 28 heavy (non-hydrogen) atoms. The molecule has 1 saturated heterocycles. The van der Waals surface area contributed by atoms with Crippen LogP contribution in [0.25, 0.3) is 11.2 Å². The highest BCUT2D eigenvalue weighted by Gasteiger charge is 2.45. The molecule has 0 bridgehead atoms. The molecule has 4 atom stereocenters. The normalized spacial score (nSPS) is 24.7. The van der Waals surface area contributed by atoms with Crippen LogP contribution in [-0.2, 0) is 11.2 Å². The lowest BCUT2D eigenvalue weighted by Gasteiger charge is -2.19. The fraction of sp³-hybridized carbons (Fsp3) is 0.389. The Morgan fingerprint density at radius 1 is 1.14 bits per heavy atom. The molecule has 0 saturated carbocycles. The first-order valence-corrected chi connectivity index (χ1v) is 8.87. The van der Waals surface area contributed by atoms with E-state index < -0.39 is 31.1 Å². The molecule has 0 radical (unpaired) electrons. The largest absolute Gasteiger partial charge is 0.464 e. The van der Waals surface area contributed by atoms with E-state index in [2.05, 4.69) is 15.0 Å². The summed E-state index contributed by atoms with van der Waals surface area (Å²) in [5, 5.41) is 29.9. The highest BCUT2D eigenvalue weighted by molar-refractivity contribution is 5.82. The first-order valence-electron chi connectivity index (χ1n) is 8.87. The molecule has 3 heterocycles. The standard InChI is InChI=1S/C18H21N5O5/c19-15-12-16(21-9-20-15)23(17-14(26)13(25)11(8-24)28-17)18(22-12)27-7-6-10-4-2-1-3-5-10/h1-5,9,11,13-14,17,24-26H,6-8H2,(H2,19,20,21)/t11-,13-,14-,17-/m1/s1. The Kier molecular flexibility index (Phi) is 5.09. The van der Waals surface area contributed by atoms with Gasteiger partial charge in [0.25, 0.3) is 0 Å². The first-order chi connectivity index (χ1) is 13.6. The maximum absolute atomic E-state index is 10.4. The van der Waals surface area contributed by atoms with Gasteiger partial charge in [-0.3, -0.25) is 0 Å². The number of imidazole rings is 1. The molecule has 0 unspecified atom stereocenters. The third kappa shape index (κ3) is 3.27. The Morgan fingerprint density at radius 2 is 1.93 bits per heavy atom. The second-order valence-electron chi connectivity index (χ2n) is 6.51. The third-order valence-corrected chi connectivity index (χ3v) is 4.71. The third-order valence-electron chi connectivity index (χ3n) is 4.71. The molecule has 0 amide bonds. The second kappa shape index (κ2) is 7.68. The predicted octanol–water partition coefficient (Wildman–Crippen LogP) is -0.359. The number of hydrogen-bond donors (Lipinski definition) is 4. The number of aliphatic hydroxyl groups is 3. The summed E-state index contributed by atoms with van der Waals surface area (Å²) in [4.78, 5) is 12.5. The van der Waals surface area contributed by atoms with E-state index in [9.17, 15) is 15.3 Å². The minimum absolute atomic E-state index is 0.132. The predicted molar refractivity (Wildman–Crippen MR) is 98.4 cm³/mol. The van der Waals surface area contributed by atoms with Gasteiger partial charge in [-0.25, -0.2) is 14.5 Å². The van der Waals surface area contributed by atoms with Crippen LogP contribution in [-0.4, -0.2) is 66.4 Å². The monoisotopic (exact) mass is 387 g/mol. The van der Waals surface area contributed by atoms with Crippen LogP contribution in [0.3, 0.4) is 0 Å². The average Bonchev–Trinajstić information content (AvgIpc) is 3.21. The van der Waals surface area contributed by atoms with E-state index in [0.717, 1.165) is 5.56 Å². The lowest BCUT2D eigenvalue weighted by Crippen LogP contribution is -2.33. The molecule has 1 fully saturated rings.